The minimum absolute atomic E-state index is 0.113. The van der Waals surface area contributed by atoms with Crippen LogP contribution in [0.3, 0.4) is 0 Å². The molecular formula is C15H10BrClN2O. The molecule has 0 radical (unpaired) electrons. The van der Waals surface area contributed by atoms with Crippen LogP contribution in [0.5, 0.6) is 0 Å². The van der Waals surface area contributed by atoms with Gasteiger partial charge in [-0.1, -0.05) is 24.3 Å². The second kappa shape index (κ2) is 5.38. The van der Waals surface area contributed by atoms with E-state index in [1.165, 1.54) is 0 Å². The van der Waals surface area contributed by atoms with Crippen molar-refractivity contribution in [3.63, 3.8) is 0 Å². The lowest BCUT2D eigenvalue weighted by atomic mass is 10.2. The fourth-order valence-electron chi connectivity index (χ4n) is 2.15. The number of nitrogens with zero attached hydrogens (tertiary/aromatic N) is 2. The number of rotatable bonds is 2. The molecule has 0 atom stereocenters. The Balaban J connectivity index is 2.43. The number of alkyl halides is 1. The fraction of sp³-hybridized carbons (Fsp3) is 0.0667. The van der Waals surface area contributed by atoms with Gasteiger partial charge in [0.2, 0.25) is 0 Å². The number of hydrogen-bond acceptors (Lipinski definition) is 2. The summed E-state index contributed by atoms with van der Waals surface area (Å²) in [5.74, 6) is 0.698. The average molecular weight is 350 g/mol. The summed E-state index contributed by atoms with van der Waals surface area (Å²) in [6, 6.07) is 14.8. The van der Waals surface area contributed by atoms with Crippen molar-refractivity contribution in [1.29, 1.82) is 0 Å². The number of halogens is 2. The topological polar surface area (TPSA) is 34.9 Å². The van der Waals surface area contributed by atoms with Crippen molar-refractivity contribution in [3.8, 4) is 5.69 Å². The third-order valence-electron chi connectivity index (χ3n) is 3.06. The molecule has 0 aliphatic heterocycles. The first-order chi connectivity index (χ1) is 9.72. The zero-order valence-electron chi connectivity index (χ0n) is 10.4. The minimum atomic E-state index is -0.113. The lowest BCUT2D eigenvalue weighted by Crippen LogP contribution is -2.23. The van der Waals surface area contributed by atoms with Crippen molar-refractivity contribution in [2.45, 2.75) is 5.88 Å². The first-order valence-electron chi connectivity index (χ1n) is 6.04. The molecule has 2 aromatic carbocycles. The second-order valence-electron chi connectivity index (χ2n) is 4.27. The summed E-state index contributed by atoms with van der Waals surface area (Å²) < 4.78 is 2.38. The molecule has 0 unspecified atom stereocenters. The number of fused-ring (bicyclic) bond motifs is 1. The highest BCUT2D eigenvalue weighted by Crippen LogP contribution is 2.21. The number of benzene rings is 2. The Hall–Kier alpha value is -1.65. The van der Waals surface area contributed by atoms with Gasteiger partial charge < -0.3 is 0 Å². The maximum Gasteiger partial charge on any atom is 0.266 e. The molecule has 0 amide bonds. The van der Waals surface area contributed by atoms with Crippen LogP contribution in [-0.4, -0.2) is 9.55 Å². The smallest absolute Gasteiger partial charge is 0.266 e. The van der Waals surface area contributed by atoms with Crippen LogP contribution in [0.25, 0.3) is 16.6 Å². The van der Waals surface area contributed by atoms with Crippen LogP contribution in [0.15, 0.2) is 57.8 Å². The zero-order valence-corrected chi connectivity index (χ0v) is 12.7. The Morgan fingerprint density at radius 1 is 1.10 bits per heavy atom. The molecular weight excluding hydrogens is 340 g/mol. The summed E-state index contributed by atoms with van der Waals surface area (Å²) in [6.07, 6.45) is 0. The normalized spacial score (nSPS) is 10.9. The van der Waals surface area contributed by atoms with E-state index < -0.39 is 0 Å². The SMILES string of the molecule is O=c1c2ccccc2nc(CCl)n1-c1ccccc1Br. The van der Waals surface area contributed by atoms with E-state index in [9.17, 15) is 4.79 Å². The van der Waals surface area contributed by atoms with Crippen LogP contribution in [0.2, 0.25) is 0 Å². The molecule has 0 bridgehead atoms. The summed E-state index contributed by atoms with van der Waals surface area (Å²) in [5, 5.41) is 0.581. The molecule has 0 aliphatic carbocycles. The Kier molecular flexibility index (Phi) is 3.59. The molecule has 0 N–H and O–H groups in total. The molecule has 0 fully saturated rings. The molecule has 1 aromatic heterocycles. The van der Waals surface area contributed by atoms with E-state index in [-0.39, 0.29) is 11.4 Å². The van der Waals surface area contributed by atoms with Crippen molar-refractivity contribution >= 4 is 38.4 Å². The first kappa shape index (κ1) is 13.3. The Morgan fingerprint density at radius 3 is 2.55 bits per heavy atom. The molecule has 0 aliphatic rings. The van der Waals surface area contributed by atoms with E-state index in [4.69, 9.17) is 11.6 Å². The van der Waals surface area contributed by atoms with E-state index >= 15 is 0 Å². The van der Waals surface area contributed by atoms with Gasteiger partial charge in [0, 0.05) is 4.47 Å². The molecule has 3 aromatic rings. The monoisotopic (exact) mass is 348 g/mol. The summed E-state index contributed by atoms with van der Waals surface area (Å²) >= 11 is 9.43. The van der Waals surface area contributed by atoms with Gasteiger partial charge in [-0.3, -0.25) is 9.36 Å². The highest BCUT2D eigenvalue weighted by Gasteiger charge is 2.13. The van der Waals surface area contributed by atoms with Gasteiger partial charge >= 0.3 is 0 Å². The number of aromatic nitrogens is 2. The van der Waals surface area contributed by atoms with Crippen LogP contribution < -0.4 is 5.56 Å². The minimum Gasteiger partial charge on any atom is -0.268 e. The zero-order chi connectivity index (χ0) is 14.1. The van der Waals surface area contributed by atoms with Crippen molar-refractivity contribution in [3.05, 3.63) is 69.2 Å². The maximum absolute atomic E-state index is 12.7. The van der Waals surface area contributed by atoms with Crippen LogP contribution in [0, 0.1) is 0 Å². The van der Waals surface area contributed by atoms with Crippen molar-refractivity contribution in [2.75, 3.05) is 0 Å². The maximum atomic E-state index is 12.7. The third kappa shape index (κ3) is 2.15. The van der Waals surface area contributed by atoms with Gasteiger partial charge in [-0.2, -0.15) is 0 Å². The molecule has 1 heterocycles. The van der Waals surface area contributed by atoms with Crippen LogP contribution in [0.1, 0.15) is 5.82 Å². The molecule has 0 saturated carbocycles. The Labute approximate surface area is 129 Å². The van der Waals surface area contributed by atoms with Gasteiger partial charge in [-0.05, 0) is 40.2 Å². The lowest BCUT2D eigenvalue weighted by Gasteiger charge is -2.13. The van der Waals surface area contributed by atoms with Crippen molar-refractivity contribution < 1.29 is 0 Å². The number of para-hydroxylation sites is 2. The molecule has 0 spiro atoms. The summed E-state index contributed by atoms with van der Waals surface area (Å²) in [7, 11) is 0. The lowest BCUT2D eigenvalue weighted by molar-refractivity contribution is 0.878. The quantitative estimate of drug-likeness (QED) is 0.658. The standard InChI is InChI=1S/C15H10BrClN2O/c16-11-6-2-4-8-13(11)19-14(9-17)18-12-7-3-1-5-10(12)15(19)20/h1-8H,9H2. The molecule has 5 heteroatoms. The third-order valence-corrected chi connectivity index (χ3v) is 3.97. The summed E-state index contributed by atoms with van der Waals surface area (Å²) in [6.45, 7) is 0. The molecule has 0 saturated heterocycles. The van der Waals surface area contributed by atoms with Crippen molar-refractivity contribution in [1.82, 2.24) is 9.55 Å². The Morgan fingerprint density at radius 2 is 1.80 bits per heavy atom. The second-order valence-corrected chi connectivity index (χ2v) is 5.39. The Bertz CT molecular complexity index is 845. The van der Waals surface area contributed by atoms with Gasteiger partial charge in [0.15, 0.2) is 0 Å². The van der Waals surface area contributed by atoms with E-state index in [0.29, 0.717) is 16.7 Å². The molecule has 3 rings (SSSR count). The molecule has 20 heavy (non-hydrogen) atoms. The van der Waals surface area contributed by atoms with Gasteiger partial charge in [-0.15, -0.1) is 11.6 Å². The van der Waals surface area contributed by atoms with E-state index in [1.54, 1.807) is 10.6 Å². The predicted molar refractivity (Wildman–Crippen MR) is 84.6 cm³/mol. The van der Waals surface area contributed by atoms with Crippen LogP contribution in [-0.2, 0) is 5.88 Å². The van der Waals surface area contributed by atoms with Gasteiger partial charge in [-0.25, -0.2) is 4.98 Å². The molecule has 3 nitrogen and oxygen atoms in total. The highest BCUT2D eigenvalue weighted by molar-refractivity contribution is 9.10. The van der Waals surface area contributed by atoms with Crippen molar-refractivity contribution in [2.24, 2.45) is 0 Å². The average Bonchev–Trinajstić information content (AvgIpc) is 2.48. The largest absolute Gasteiger partial charge is 0.268 e. The first-order valence-corrected chi connectivity index (χ1v) is 7.36. The van der Waals surface area contributed by atoms with Gasteiger partial charge in [0.05, 0.1) is 22.5 Å². The predicted octanol–water partition coefficient (Wildman–Crippen LogP) is 3.89. The van der Waals surface area contributed by atoms with Crippen LogP contribution >= 0.6 is 27.5 Å². The fourth-order valence-corrected chi connectivity index (χ4v) is 2.79. The van der Waals surface area contributed by atoms with Gasteiger partial charge in [0.25, 0.3) is 5.56 Å². The highest BCUT2D eigenvalue weighted by atomic mass is 79.9. The van der Waals surface area contributed by atoms with E-state index in [2.05, 4.69) is 20.9 Å². The van der Waals surface area contributed by atoms with Gasteiger partial charge in [0.1, 0.15) is 5.82 Å². The summed E-state index contributed by atoms with van der Waals surface area (Å²) in [4.78, 5) is 17.2. The summed E-state index contributed by atoms with van der Waals surface area (Å²) in [5.41, 5.74) is 1.29. The van der Waals surface area contributed by atoms with E-state index in [1.807, 2.05) is 42.5 Å². The van der Waals surface area contributed by atoms with E-state index in [0.717, 1.165) is 10.2 Å². The number of hydrogen-bond donors (Lipinski definition) is 0. The van der Waals surface area contributed by atoms with Crippen LogP contribution in [0.4, 0.5) is 0 Å². The molecule has 100 valence electrons.